The third-order valence-corrected chi connectivity index (χ3v) is 8.15. The van der Waals surface area contributed by atoms with Gasteiger partial charge in [-0.3, -0.25) is 4.31 Å². The average Bonchev–Trinajstić information content (AvgIpc) is 3.00. The summed E-state index contributed by atoms with van der Waals surface area (Å²) in [5.41, 5.74) is 7.52. The number of aromatic nitrogens is 2. The fourth-order valence-corrected chi connectivity index (χ4v) is 5.54. The van der Waals surface area contributed by atoms with Gasteiger partial charge in [-0.05, 0) is 41.5 Å². The van der Waals surface area contributed by atoms with E-state index in [1.807, 2.05) is 0 Å². The lowest BCUT2D eigenvalue weighted by atomic mass is 9.94. The quantitative estimate of drug-likeness (QED) is 0.238. The van der Waals surface area contributed by atoms with Crippen molar-refractivity contribution in [1.82, 2.24) is 9.97 Å². The van der Waals surface area contributed by atoms with E-state index < -0.39 is 22.1 Å². The number of hydrogen-bond donors (Lipinski definition) is 2. The van der Waals surface area contributed by atoms with Gasteiger partial charge in [0.25, 0.3) is 0 Å². The van der Waals surface area contributed by atoms with Crippen LogP contribution in [0.2, 0.25) is 0 Å². The van der Waals surface area contributed by atoms with Crippen LogP contribution >= 0.6 is 0 Å². The molecule has 4 rings (SSSR count). The number of halogens is 3. The van der Waals surface area contributed by atoms with Crippen molar-refractivity contribution in [2.24, 2.45) is 0 Å². The monoisotopic (exact) mass is 627 g/mol. The fourth-order valence-electron chi connectivity index (χ4n) is 4.56. The SMILES string of the molecule is C#Cc1c(-c2cc(Cc3cnc(N)nc3N)cc(OC)c2OC)cccc1N(Cc1ccc(OC)cc1)S(=O)(=O)C(F)(F)F. The maximum Gasteiger partial charge on any atom is 0.516 e. The highest BCUT2D eigenvalue weighted by Gasteiger charge is 2.50. The summed E-state index contributed by atoms with van der Waals surface area (Å²) < 4.78 is 84.5. The van der Waals surface area contributed by atoms with Crippen LogP contribution in [0.25, 0.3) is 11.1 Å². The lowest BCUT2D eigenvalue weighted by Crippen LogP contribution is -2.40. The number of anilines is 3. The molecule has 0 atom stereocenters. The van der Waals surface area contributed by atoms with Gasteiger partial charge < -0.3 is 25.7 Å². The van der Waals surface area contributed by atoms with Crippen molar-refractivity contribution < 1.29 is 35.8 Å². The van der Waals surface area contributed by atoms with Gasteiger partial charge in [0.05, 0.1) is 39.1 Å². The molecular weight excluding hydrogens is 599 g/mol. The Labute approximate surface area is 252 Å². The first kappa shape index (κ1) is 31.8. The third kappa shape index (κ3) is 6.28. The van der Waals surface area contributed by atoms with Crippen molar-refractivity contribution in [3.63, 3.8) is 0 Å². The molecule has 0 radical (unpaired) electrons. The number of hydrogen-bond acceptors (Lipinski definition) is 9. The highest BCUT2D eigenvalue weighted by molar-refractivity contribution is 7.93. The zero-order chi connectivity index (χ0) is 32.2. The van der Waals surface area contributed by atoms with Crippen LogP contribution in [-0.2, 0) is 23.0 Å². The van der Waals surface area contributed by atoms with Crippen molar-refractivity contribution in [2.45, 2.75) is 18.5 Å². The molecule has 14 heteroatoms. The van der Waals surface area contributed by atoms with Gasteiger partial charge in [0.1, 0.15) is 11.6 Å². The molecule has 4 aromatic rings. The van der Waals surface area contributed by atoms with Crippen molar-refractivity contribution in [2.75, 3.05) is 37.1 Å². The molecule has 230 valence electrons. The summed E-state index contributed by atoms with van der Waals surface area (Å²) in [6.45, 7) is -0.666. The minimum Gasteiger partial charge on any atom is -0.497 e. The summed E-state index contributed by atoms with van der Waals surface area (Å²) in [6, 6.07) is 13.5. The van der Waals surface area contributed by atoms with Gasteiger partial charge in [0.2, 0.25) is 5.95 Å². The maximum absolute atomic E-state index is 14.0. The molecule has 0 fully saturated rings. The van der Waals surface area contributed by atoms with Gasteiger partial charge in [-0.25, -0.2) is 4.98 Å². The molecular formula is C30H28F3N5O5S. The topological polar surface area (TPSA) is 143 Å². The smallest absolute Gasteiger partial charge is 0.497 e. The summed E-state index contributed by atoms with van der Waals surface area (Å²) in [5, 5.41) is 0. The molecule has 0 aliphatic heterocycles. The zero-order valence-electron chi connectivity index (χ0n) is 23.8. The predicted molar refractivity (Wildman–Crippen MR) is 161 cm³/mol. The van der Waals surface area contributed by atoms with Crippen molar-refractivity contribution in [3.05, 3.63) is 83.0 Å². The van der Waals surface area contributed by atoms with Gasteiger partial charge >= 0.3 is 15.5 Å². The van der Waals surface area contributed by atoms with E-state index in [1.165, 1.54) is 63.9 Å². The molecule has 0 saturated heterocycles. The largest absolute Gasteiger partial charge is 0.516 e. The number of alkyl halides is 3. The van der Waals surface area contributed by atoms with E-state index in [0.717, 1.165) is 0 Å². The first-order valence-corrected chi connectivity index (χ1v) is 14.2. The van der Waals surface area contributed by atoms with Gasteiger partial charge in [0.15, 0.2) is 11.5 Å². The first-order chi connectivity index (χ1) is 20.8. The highest BCUT2D eigenvalue weighted by Crippen LogP contribution is 2.44. The number of terminal acetylenes is 1. The van der Waals surface area contributed by atoms with E-state index in [1.54, 1.807) is 18.2 Å². The summed E-state index contributed by atoms with van der Waals surface area (Å²) in [5.74, 6) is 3.50. The van der Waals surface area contributed by atoms with Gasteiger partial charge in [-0.1, -0.05) is 30.2 Å². The molecule has 0 bridgehead atoms. The Balaban J connectivity index is 1.93. The summed E-state index contributed by atoms with van der Waals surface area (Å²) in [4.78, 5) is 7.95. The maximum atomic E-state index is 14.0. The number of nitrogens with zero attached hydrogens (tertiary/aromatic N) is 3. The Morgan fingerprint density at radius 1 is 0.955 bits per heavy atom. The van der Waals surface area contributed by atoms with Crippen LogP contribution in [0.3, 0.4) is 0 Å². The van der Waals surface area contributed by atoms with E-state index >= 15 is 0 Å². The number of nitrogens with two attached hydrogens (primary N) is 2. The Kier molecular flexibility index (Phi) is 9.10. The molecule has 3 aromatic carbocycles. The lowest BCUT2D eigenvalue weighted by molar-refractivity contribution is -0.0438. The van der Waals surface area contributed by atoms with Crippen LogP contribution in [0.4, 0.5) is 30.6 Å². The molecule has 0 aliphatic carbocycles. The molecule has 0 aliphatic rings. The molecule has 0 spiro atoms. The molecule has 0 amide bonds. The standard InChI is InChI=1S/C30H28F3N5O5S/c1-5-22-23(24-14-19(15-26(42-3)27(24)43-4)13-20-16-36-29(35)37-28(20)34)7-6-8-25(22)38(44(39,40)30(31,32)33)17-18-9-11-21(41-2)12-10-18/h1,6-12,14-16H,13,17H2,2-4H3,(H4,34,35,36,37). The second-order valence-corrected chi connectivity index (χ2v) is 11.2. The van der Waals surface area contributed by atoms with Crippen LogP contribution in [-0.4, -0.2) is 45.2 Å². The van der Waals surface area contributed by atoms with Crippen LogP contribution in [0.1, 0.15) is 22.3 Å². The lowest BCUT2D eigenvalue weighted by Gasteiger charge is -2.28. The Morgan fingerprint density at radius 3 is 2.23 bits per heavy atom. The summed E-state index contributed by atoms with van der Waals surface area (Å²) in [7, 11) is -1.68. The predicted octanol–water partition coefficient (Wildman–Crippen LogP) is 4.76. The number of benzene rings is 3. The molecule has 1 aromatic heterocycles. The number of methoxy groups -OCH3 is 3. The molecule has 0 saturated carbocycles. The van der Waals surface area contributed by atoms with Crippen LogP contribution in [0, 0.1) is 12.3 Å². The Bertz CT molecular complexity index is 1820. The van der Waals surface area contributed by atoms with Crippen molar-refractivity contribution in [3.8, 4) is 40.7 Å². The number of nitrogen functional groups attached to an aromatic ring is 2. The van der Waals surface area contributed by atoms with Crippen molar-refractivity contribution >= 4 is 27.5 Å². The van der Waals surface area contributed by atoms with Gasteiger partial charge in [-0.15, -0.1) is 6.42 Å². The number of rotatable bonds is 10. The first-order valence-electron chi connectivity index (χ1n) is 12.8. The van der Waals surface area contributed by atoms with E-state index in [4.69, 9.17) is 32.1 Å². The second kappa shape index (κ2) is 12.6. The molecule has 44 heavy (non-hydrogen) atoms. The summed E-state index contributed by atoms with van der Waals surface area (Å²) >= 11 is 0. The average molecular weight is 628 g/mol. The number of ether oxygens (including phenoxy) is 3. The van der Waals surface area contributed by atoms with E-state index in [-0.39, 0.29) is 56.4 Å². The number of sulfonamides is 1. The Hall–Kier alpha value is -5.16. The van der Waals surface area contributed by atoms with Crippen LogP contribution in [0.5, 0.6) is 17.2 Å². The minimum absolute atomic E-state index is 0.00253. The van der Waals surface area contributed by atoms with Crippen molar-refractivity contribution in [1.29, 1.82) is 0 Å². The van der Waals surface area contributed by atoms with Gasteiger partial charge in [-0.2, -0.15) is 26.6 Å². The molecule has 1 heterocycles. The van der Waals surface area contributed by atoms with Crippen LogP contribution in [0.15, 0.2) is 60.8 Å². The summed E-state index contributed by atoms with van der Waals surface area (Å²) in [6.07, 6.45) is 7.57. The van der Waals surface area contributed by atoms with Crippen LogP contribution < -0.4 is 30.0 Å². The molecule has 0 unspecified atom stereocenters. The molecule has 10 nitrogen and oxygen atoms in total. The van der Waals surface area contributed by atoms with E-state index in [0.29, 0.717) is 22.4 Å². The fraction of sp³-hybridized carbons (Fsp3) is 0.200. The third-order valence-electron chi connectivity index (χ3n) is 6.66. The zero-order valence-corrected chi connectivity index (χ0v) is 24.7. The normalized spacial score (nSPS) is 11.5. The van der Waals surface area contributed by atoms with Gasteiger partial charge in [0, 0.05) is 29.3 Å². The van der Waals surface area contributed by atoms with E-state index in [2.05, 4.69) is 15.9 Å². The Morgan fingerprint density at radius 2 is 1.66 bits per heavy atom. The minimum atomic E-state index is -5.91. The molecule has 4 N–H and O–H groups in total. The highest BCUT2D eigenvalue weighted by atomic mass is 32.2. The van der Waals surface area contributed by atoms with E-state index in [9.17, 15) is 21.6 Å². The second-order valence-electron chi connectivity index (χ2n) is 9.34.